The van der Waals surface area contributed by atoms with E-state index in [1.807, 2.05) is 6.92 Å². The van der Waals surface area contributed by atoms with E-state index < -0.39 is 34.9 Å². The third-order valence-corrected chi connectivity index (χ3v) is 4.95. The zero-order valence-corrected chi connectivity index (χ0v) is 15.1. The highest BCUT2D eigenvalue weighted by molar-refractivity contribution is 7.99. The van der Waals surface area contributed by atoms with Crippen molar-refractivity contribution in [3.8, 4) is 0 Å². The third-order valence-electron chi connectivity index (χ3n) is 3.88. The number of anilines is 2. The molecule has 2 amide bonds. The van der Waals surface area contributed by atoms with Gasteiger partial charge < -0.3 is 15.6 Å². The molecule has 142 valence electrons. The standard InChI is InChI=1S/C17H16F2N4O3S/c1-2-5-27-17-22-14-13(16(26)23-17)9(7-12(24)21-14)15(25)20-11-6-8(18)3-4-10(11)19/h3-4,6,9H,2,5,7H2,1H3,(H,20,25)(H2,21,22,23,24,26)/t9-/m0/s1. The Hall–Kier alpha value is -2.75. The summed E-state index contributed by atoms with van der Waals surface area (Å²) in [6.45, 7) is 1.97. The average molecular weight is 394 g/mol. The van der Waals surface area contributed by atoms with Gasteiger partial charge in [0.1, 0.15) is 17.5 Å². The number of benzene rings is 1. The molecule has 0 spiro atoms. The van der Waals surface area contributed by atoms with Gasteiger partial charge in [0.25, 0.3) is 5.56 Å². The monoisotopic (exact) mass is 394 g/mol. The number of carbonyl (C=O) groups excluding carboxylic acids is 2. The number of nitrogens with one attached hydrogen (secondary N) is 3. The number of nitrogens with zero attached hydrogens (tertiary/aromatic N) is 1. The van der Waals surface area contributed by atoms with Crippen LogP contribution in [0.4, 0.5) is 20.3 Å². The van der Waals surface area contributed by atoms with Crippen LogP contribution in [0.5, 0.6) is 0 Å². The van der Waals surface area contributed by atoms with Crippen molar-refractivity contribution in [1.82, 2.24) is 9.97 Å². The van der Waals surface area contributed by atoms with Gasteiger partial charge >= 0.3 is 0 Å². The van der Waals surface area contributed by atoms with Crippen molar-refractivity contribution in [3.63, 3.8) is 0 Å². The van der Waals surface area contributed by atoms with Gasteiger partial charge in [0.2, 0.25) is 11.8 Å². The number of amides is 2. The molecule has 1 atom stereocenters. The van der Waals surface area contributed by atoms with Crippen molar-refractivity contribution < 1.29 is 18.4 Å². The Labute approximate surface area is 157 Å². The van der Waals surface area contributed by atoms with Crippen molar-refractivity contribution >= 4 is 35.1 Å². The summed E-state index contributed by atoms with van der Waals surface area (Å²) in [5, 5.41) is 5.06. The molecular weight excluding hydrogens is 378 g/mol. The minimum absolute atomic E-state index is 0.00784. The first-order valence-corrected chi connectivity index (χ1v) is 9.20. The van der Waals surface area contributed by atoms with Gasteiger partial charge in [-0.2, -0.15) is 0 Å². The maximum Gasteiger partial charge on any atom is 0.257 e. The van der Waals surface area contributed by atoms with Gasteiger partial charge in [0, 0.05) is 18.2 Å². The van der Waals surface area contributed by atoms with Gasteiger partial charge in [-0.1, -0.05) is 18.7 Å². The van der Waals surface area contributed by atoms with Gasteiger partial charge in [0.15, 0.2) is 5.16 Å². The normalized spacial score (nSPS) is 15.8. The summed E-state index contributed by atoms with van der Waals surface area (Å²) in [6, 6.07) is 2.61. The molecule has 0 aliphatic carbocycles. The highest BCUT2D eigenvalue weighted by Gasteiger charge is 2.35. The molecule has 27 heavy (non-hydrogen) atoms. The minimum Gasteiger partial charge on any atom is -0.323 e. The third kappa shape index (κ3) is 4.16. The number of rotatable bonds is 5. The Morgan fingerprint density at radius 1 is 1.37 bits per heavy atom. The van der Waals surface area contributed by atoms with Crippen LogP contribution in [0, 0.1) is 11.6 Å². The Kier molecular flexibility index (Phi) is 5.54. The van der Waals surface area contributed by atoms with Crippen LogP contribution in [0.3, 0.4) is 0 Å². The summed E-state index contributed by atoms with van der Waals surface area (Å²) in [6.07, 6.45) is 0.560. The lowest BCUT2D eigenvalue weighted by atomic mass is 9.92. The zero-order valence-electron chi connectivity index (χ0n) is 14.3. The molecule has 0 saturated carbocycles. The van der Waals surface area contributed by atoms with Gasteiger partial charge in [-0.05, 0) is 18.6 Å². The molecule has 0 unspecified atom stereocenters. The fourth-order valence-corrected chi connectivity index (χ4v) is 3.37. The Morgan fingerprint density at radius 3 is 2.89 bits per heavy atom. The summed E-state index contributed by atoms with van der Waals surface area (Å²) >= 11 is 1.31. The summed E-state index contributed by atoms with van der Waals surface area (Å²) in [5.41, 5.74) is -0.935. The largest absolute Gasteiger partial charge is 0.323 e. The van der Waals surface area contributed by atoms with Crippen LogP contribution in [0.15, 0.2) is 28.2 Å². The van der Waals surface area contributed by atoms with E-state index >= 15 is 0 Å². The summed E-state index contributed by atoms with van der Waals surface area (Å²) in [4.78, 5) is 43.8. The van der Waals surface area contributed by atoms with E-state index in [-0.39, 0.29) is 23.5 Å². The lowest BCUT2D eigenvalue weighted by molar-refractivity contribution is -0.123. The lowest BCUT2D eigenvalue weighted by Gasteiger charge is -2.23. The Balaban J connectivity index is 1.93. The average Bonchev–Trinajstić information content (AvgIpc) is 2.61. The Morgan fingerprint density at radius 2 is 2.15 bits per heavy atom. The van der Waals surface area contributed by atoms with E-state index in [2.05, 4.69) is 20.6 Å². The summed E-state index contributed by atoms with van der Waals surface area (Å²) in [5.74, 6) is -3.29. The fraction of sp³-hybridized carbons (Fsp3) is 0.294. The number of halogens is 2. The van der Waals surface area contributed by atoms with E-state index in [1.54, 1.807) is 0 Å². The van der Waals surface area contributed by atoms with Crippen LogP contribution in [0.1, 0.15) is 31.2 Å². The molecule has 10 heteroatoms. The molecule has 1 aliphatic rings. The first kappa shape index (κ1) is 19.0. The van der Waals surface area contributed by atoms with E-state index in [0.717, 1.165) is 30.4 Å². The number of aromatic amines is 1. The van der Waals surface area contributed by atoms with Crippen molar-refractivity contribution in [1.29, 1.82) is 0 Å². The highest BCUT2D eigenvalue weighted by Crippen LogP contribution is 2.30. The summed E-state index contributed by atoms with van der Waals surface area (Å²) < 4.78 is 27.1. The number of H-pyrrole nitrogens is 1. The quantitative estimate of drug-likeness (QED) is 0.534. The molecular formula is C17H16F2N4O3S. The van der Waals surface area contributed by atoms with E-state index in [1.165, 1.54) is 11.8 Å². The first-order chi connectivity index (χ1) is 12.9. The number of fused-ring (bicyclic) bond motifs is 1. The Bertz CT molecular complexity index is 964. The van der Waals surface area contributed by atoms with Crippen molar-refractivity contribution in [2.75, 3.05) is 16.4 Å². The topological polar surface area (TPSA) is 104 Å². The molecule has 2 aromatic rings. The molecule has 3 N–H and O–H groups in total. The minimum atomic E-state index is -1.17. The van der Waals surface area contributed by atoms with Gasteiger partial charge in [0.05, 0.1) is 17.2 Å². The highest BCUT2D eigenvalue weighted by atomic mass is 32.2. The zero-order chi connectivity index (χ0) is 19.6. The maximum atomic E-state index is 13.8. The van der Waals surface area contributed by atoms with Crippen molar-refractivity contribution in [3.05, 3.63) is 45.8 Å². The predicted molar refractivity (Wildman–Crippen MR) is 96.8 cm³/mol. The number of hydrogen-bond acceptors (Lipinski definition) is 5. The van der Waals surface area contributed by atoms with E-state index in [9.17, 15) is 23.2 Å². The second-order valence-corrected chi connectivity index (χ2v) is 6.98. The molecule has 0 radical (unpaired) electrons. The molecule has 1 aromatic heterocycles. The van der Waals surface area contributed by atoms with Crippen LogP contribution >= 0.6 is 11.8 Å². The van der Waals surface area contributed by atoms with Crippen LogP contribution < -0.4 is 16.2 Å². The predicted octanol–water partition coefficient (Wildman–Crippen LogP) is 2.61. The molecule has 3 rings (SSSR count). The molecule has 1 aromatic carbocycles. The van der Waals surface area contributed by atoms with E-state index in [4.69, 9.17) is 0 Å². The number of thioether (sulfide) groups is 1. The summed E-state index contributed by atoms with van der Waals surface area (Å²) in [7, 11) is 0. The van der Waals surface area contributed by atoms with Crippen LogP contribution in [0.25, 0.3) is 0 Å². The number of carbonyl (C=O) groups is 2. The van der Waals surface area contributed by atoms with Gasteiger partial charge in [-0.3, -0.25) is 14.4 Å². The lowest BCUT2D eigenvalue weighted by Crippen LogP contribution is -2.36. The van der Waals surface area contributed by atoms with Gasteiger partial charge in [-0.15, -0.1) is 0 Å². The second-order valence-electron chi connectivity index (χ2n) is 5.90. The van der Waals surface area contributed by atoms with Crippen molar-refractivity contribution in [2.45, 2.75) is 30.8 Å². The van der Waals surface area contributed by atoms with Crippen LogP contribution in [-0.2, 0) is 9.59 Å². The SMILES string of the molecule is CCCSc1nc2c(c(=O)[nH]1)[C@@H](C(=O)Nc1cc(F)ccc1F)CC(=O)N2. The molecule has 2 heterocycles. The van der Waals surface area contributed by atoms with Crippen LogP contribution in [0.2, 0.25) is 0 Å². The number of aromatic nitrogens is 2. The molecule has 7 nitrogen and oxygen atoms in total. The smallest absolute Gasteiger partial charge is 0.257 e. The second kappa shape index (κ2) is 7.87. The fourth-order valence-electron chi connectivity index (χ4n) is 2.65. The van der Waals surface area contributed by atoms with E-state index in [0.29, 0.717) is 5.16 Å². The number of hydrogen-bond donors (Lipinski definition) is 3. The van der Waals surface area contributed by atoms with Gasteiger partial charge in [-0.25, -0.2) is 13.8 Å². The first-order valence-electron chi connectivity index (χ1n) is 8.21. The molecule has 0 fully saturated rings. The van der Waals surface area contributed by atoms with Crippen LogP contribution in [-0.4, -0.2) is 27.5 Å². The molecule has 0 bridgehead atoms. The maximum absolute atomic E-state index is 13.8. The van der Waals surface area contributed by atoms with Crippen molar-refractivity contribution in [2.24, 2.45) is 0 Å². The molecule has 1 aliphatic heterocycles. The molecule has 0 saturated heterocycles.